The van der Waals surface area contributed by atoms with E-state index in [9.17, 15) is 4.79 Å². The SMILES string of the molecule is CCC1CC(=O)NN=C1c1ccc2nc(-c3ccc(OCC4CCCN4C(C)C)cc3)oc2c1. The number of hydrazone groups is 1. The minimum atomic E-state index is -0.0356. The van der Waals surface area contributed by atoms with Crippen molar-refractivity contribution >= 4 is 22.7 Å². The second kappa shape index (κ2) is 9.58. The Hall–Kier alpha value is -3.19. The zero-order valence-electron chi connectivity index (χ0n) is 20.1. The van der Waals surface area contributed by atoms with Crippen LogP contribution in [0.15, 0.2) is 52.0 Å². The standard InChI is InChI=1S/C27H32N4O3/c1-4-18-15-25(32)29-30-26(18)20-9-12-23-24(14-20)34-27(28-23)19-7-10-22(11-8-19)33-16-21-6-5-13-31(21)17(2)3/h7-12,14,17-18,21H,4-6,13,15-16H2,1-3H3,(H,29,32). The van der Waals surface area contributed by atoms with Gasteiger partial charge < -0.3 is 9.15 Å². The summed E-state index contributed by atoms with van der Waals surface area (Å²) in [5, 5.41) is 4.31. The summed E-state index contributed by atoms with van der Waals surface area (Å²) < 4.78 is 12.2. The fourth-order valence-corrected chi connectivity index (χ4v) is 5.03. The van der Waals surface area contributed by atoms with Gasteiger partial charge in [-0.25, -0.2) is 10.4 Å². The van der Waals surface area contributed by atoms with Gasteiger partial charge in [0, 0.05) is 35.5 Å². The third-order valence-corrected chi connectivity index (χ3v) is 6.93. The van der Waals surface area contributed by atoms with Crippen LogP contribution in [0.1, 0.15) is 52.0 Å². The van der Waals surface area contributed by atoms with Gasteiger partial charge in [-0.3, -0.25) is 9.69 Å². The highest BCUT2D eigenvalue weighted by Crippen LogP contribution is 2.29. The number of fused-ring (bicyclic) bond motifs is 1. The fraction of sp³-hybridized carbons (Fsp3) is 0.444. The molecule has 2 aliphatic heterocycles. The normalized spacial score (nSPS) is 21.2. The van der Waals surface area contributed by atoms with E-state index in [1.54, 1.807) is 0 Å². The summed E-state index contributed by atoms with van der Waals surface area (Å²) in [5.41, 5.74) is 6.85. The summed E-state index contributed by atoms with van der Waals surface area (Å²) in [6.45, 7) is 8.45. The molecule has 178 valence electrons. The molecule has 3 aromatic rings. The molecule has 0 spiro atoms. The van der Waals surface area contributed by atoms with E-state index in [2.05, 4.69) is 41.2 Å². The molecule has 34 heavy (non-hydrogen) atoms. The average Bonchev–Trinajstić information content (AvgIpc) is 3.49. The van der Waals surface area contributed by atoms with Gasteiger partial charge in [0.15, 0.2) is 5.58 Å². The molecular formula is C27H32N4O3. The van der Waals surface area contributed by atoms with E-state index in [1.165, 1.54) is 12.8 Å². The molecule has 0 radical (unpaired) electrons. The van der Waals surface area contributed by atoms with Gasteiger partial charge in [-0.1, -0.05) is 13.0 Å². The molecule has 5 rings (SSSR count). The van der Waals surface area contributed by atoms with E-state index < -0.39 is 0 Å². The minimum absolute atomic E-state index is 0.0356. The molecule has 0 aliphatic carbocycles. The molecule has 3 heterocycles. The number of hydrogen-bond donors (Lipinski definition) is 1. The van der Waals surface area contributed by atoms with Crippen molar-refractivity contribution in [3.63, 3.8) is 0 Å². The molecular weight excluding hydrogens is 428 g/mol. The number of hydrogen-bond acceptors (Lipinski definition) is 6. The molecule has 2 aliphatic rings. The van der Waals surface area contributed by atoms with Crippen molar-refractivity contribution in [2.24, 2.45) is 11.0 Å². The Balaban J connectivity index is 1.30. The summed E-state index contributed by atoms with van der Waals surface area (Å²) in [6.07, 6.45) is 3.75. The van der Waals surface area contributed by atoms with Crippen LogP contribution in [0, 0.1) is 5.92 Å². The summed E-state index contributed by atoms with van der Waals surface area (Å²) in [4.78, 5) is 18.9. The van der Waals surface area contributed by atoms with Crippen LogP contribution < -0.4 is 10.2 Å². The summed E-state index contributed by atoms with van der Waals surface area (Å²) in [7, 11) is 0. The van der Waals surface area contributed by atoms with Crippen molar-refractivity contribution in [3.8, 4) is 17.2 Å². The van der Waals surface area contributed by atoms with Crippen LogP contribution >= 0.6 is 0 Å². The van der Waals surface area contributed by atoms with Gasteiger partial charge in [-0.2, -0.15) is 5.10 Å². The highest BCUT2D eigenvalue weighted by molar-refractivity contribution is 6.07. The Kier molecular flexibility index (Phi) is 6.37. The Morgan fingerprint density at radius 3 is 2.74 bits per heavy atom. The lowest BCUT2D eigenvalue weighted by atomic mass is 9.90. The van der Waals surface area contributed by atoms with Crippen molar-refractivity contribution in [2.45, 2.75) is 58.5 Å². The number of benzene rings is 2. The largest absolute Gasteiger partial charge is 0.492 e. The minimum Gasteiger partial charge on any atom is -0.492 e. The van der Waals surface area contributed by atoms with Crippen LogP contribution in [0.4, 0.5) is 0 Å². The third-order valence-electron chi connectivity index (χ3n) is 6.93. The van der Waals surface area contributed by atoms with Crippen LogP contribution in [0.5, 0.6) is 5.75 Å². The molecule has 2 aromatic carbocycles. The number of ether oxygens (including phenoxy) is 1. The van der Waals surface area contributed by atoms with Crippen LogP contribution in [0.3, 0.4) is 0 Å². The zero-order chi connectivity index (χ0) is 23.7. The van der Waals surface area contributed by atoms with Gasteiger partial charge >= 0.3 is 0 Å². The number of nitrogens with zero attached hydrogens (tertiary/aromatic N) is 3. The molecule has 1 fully saturated rings. The first-order valence-corrected chi connectivity index (χ1v) is 12.3. The van der Waals surface area contributed by atoms with Crippen LogP contribution in [0.2, 0.25) is 0 Å². The zero-order valence-corrected chi connectivity index (χ0v) is 20.1. The van der Waals surface area contributed by atoms with E-state index in [0.29, 0.717) is 36.6 Å². The van der Waals surface area contributed by atoms with Gasteiger partial charge in [0.1, 0.15) is 17.9 Å². The van der Waals surface area contributed by atoms with Gasteiger partial charge in [-0.05, 0) is 76.1 Å². The highest BCUT2D eigenvalue weighted by atomic mass is 16.5. The van der Waals surface area contributed by atoms with Gasteiger partial charge in [0.05, 0.1) is 5.71 Å². The number of oxazole rings is 1. The van der Waals surface area contributed by atoms with E-state index in [-0.39, 0.29) is 11.8 Å². The monoisotopic (exact) mass is 460 g/mol. The first kappa shape index (κ1) is 22.6. The second-order valence-electron chi connectivity index (χ2n) is 9.51. The molecule has 7 nitrogen and oxygen atoms in total. The lowest BCUT2D eigenvalue weighted by Gasteiger charge is -2.28. The Bertz CT molecular complexity index is 1200. The van der Waals surface area contributed by atoms with Gasteiger partial charge in [0.2, 0.25) is 11.8 Å². The molecule has 1 saturated heterocycles. The molecule has 2 unspecified atom stereocenters. The third kappa shape index (κ3) is 4.57. The number of rotatable bonds is 7. The quantitative estimate of drug-likeness (QED) is 0.537. The molecule has 0 saturated carbocycles. The summed E-state index contributed by atoms with van der Waals surface area (Å²) >= 11 is 0. The Labute approximate surface area is 200 Å². The predicted molar refractivity (Wildman–Crippen MR) is 133 cm³/mol. The molecule has 1 N–H and O–H groups in total. The smallest absolute Gasteiger partial charge is 0.240 e. The van der Waals surface area contributed by atoms with Crippen molar-refractivity contribution < 1.29 is 13.9 Å². The fourth-order valence-electron chi connectivity index (χ4n) is 5.03. The summed E-state index contributed by atoms with van der Waals surface area (Å²) in [6, 6.07) is 14.9. The summed E-state index contributed by atoms with van der Waals surface area (Å²) in [5.74, 6) is 1.51. The number of aromatic nitrogens is 1. The first-order chi connectivity index (χ1) is 16.5. The van der Waals surface area contributed by atoms with Crippen LogP contribution in [-0.2, 0) is 4.79 Å². The lowest BCUT2D eigenvalue weighted by Crippen LogP contribution is -2.39. The van der Waals surface area contributed by atoms with E-state index >= 15 is 0 Å². The van der Waals surface area contributed by atoms with E-state index in [1.807, 2.05) is 42.5 Å². The Morgan fingerprint density at radius 2 is 1.97 bits per heavy atom. The molecule has 1 amide bonds. The van der Waals surface area contributed by atoms with Crippen molar-refractivity contribution in [3.05, 3.63) is 48.0 Å². The first-order valence-electron chi connectivity index (χ1n) is 12.3. The second-order valence-corrected chi connectivity index (χ2v) is 9.51. The van der Waals surface area contributed by atoms with Crippen LogP contribution in [0.25, 0.3) is 22.6 Å². The predicted octanol–water partition coefficient (Wildman–Crippen LogP) is 5.00. The number of amides is 1. The van der Waals surface area contributed by atoms with E-state index in [4.69, 9.17) is 9.15 Å². The van der Waals surface area contributed by atoms with Crippen LogP contribution in [-0.4, -0.2) is 46.7 Å². The topological polar surface area (TPSA) is 80.0 Å². The Morgan fingerprint density at radius 1 is 1.18 bits per heavy atom. The molecule has 7 heteroatoms. The highest BCUT2D eigenvalue weighted by Gasteiger charge is 2.27. The number of carbonyl (C=O) groups excluding carboxylic acids is 1. The number of nitrogens with one attached hydrogen (secondary N) is 1. The van der Waals surface area contributed by atoms with Crippen molar-refractivity contribution in [1.29, 1.82) is 0 Å². The maximum Gasteiger partial charge on any atom is 0.240 e. The van der Waals surface area contributed by atoms with Gasteiger partial charge in [0.25, 0.3) is 0 Å². The van der Waals surface area contributed by atoms with E-state index in [0.717, 1.165) is 41.1 Å². The maximum absolute atomic E-state index is 11.7. The average molecular weight is 461 g/mol. The number of likely N-dealkylation sites (tertiary alicyclic amines) is 1. The van der Waals surface area contributed by atoms with Crippen molar-refractivity contribution in [1.82, 2.24) is 15.3 Å². The maximum atomic E-state index is 11.7. The molecule has 2 atom stereocenters. The van der Waals surface area contributed by atoms with Gasteiger partial charge in [-0.15, -0.1) is 0 Å². The number of carbonyl (C=O) groups is 1. The molecule has 1 aromatic heterocycles. The molecule has 0 bridgehead atoms. The lowest BCUT2D eigenvalue weighted by molar-refractivity contribution is -0.122. The van der Waals surface area contributed by atoms with Crippen molar-refractivity contribution in [2.75, 3.05) is 13.2 Å².